The highest BCUT2D eigenvalue weighted by atomic mass is 32.2. The third kappa shape index (κ3) is 6.77. The van der Waals surface area contributed by atoms with Crippen molar-refractivity contribution >= 4 is 34.2 Å². The molecule has 33 heavy (non-hydrogen) atoms. The van der Waals surface area contributed by atoms with Crippen molar-refractivity contribution in [1.82, 2.24) is 10.3 Å². The Bertz CT molecular complexity index is 1100. The van der Waals surface area contributed by atoms with Crippen LogP contribution in [0, 0.1) is 0 Å². The van der Waals surface area contributed by atoms with Crippen LogP contribution in [-0.2, 0) is 35.3 Å². The lowest BCUT2D eigenvalue weighted by atomic mass is 10.0. The minimum absolute atomic E-state index is 0.133. The quantitative estimate of drug-likeness (QED) is 0.352. The van der Waals surface area contributed by atoms with Gasteiger partial charge in [-0.3, -0.25) is 14.1 Å². The van der Waals surface area contributed by atoms with Gasteiger partial charge in [0.2, 0.25) is 5.91 Å². The molecule has 0 radical (unpaired) electrons. The Morgan fingerprint density at radius 3 is 2.55 bits per heavy atom. The van der Waals surface area contributed by atoms with Gasteiger partial charge < -0.3 is 14.8 Å². The van der Waals surface area contributed by atoms with E-state index in [0.29, 0.717) is 23.6 Å². The van der Waals surface area contributed by atoms with Gasteiger partial charge in [0.25, 0.3) is 11.3 Å². The van der Waals surface area contributed by atoms with Gasteiger partial charge in [0.05, 0.1) is 32.4 Å². The fourth-order valence-electron chi connectivity index (χ4n) is 3.40. The summed E-state index contributed by atoms with van der Waals surface area (Å²) in [5.74, 6) is 0.955. The summed E-state index contributed by atoms with van der Waals surface area (Å²) in [5, 5.41) is 5.94. The molecule has 1 unspecified atom stereocenters. The maximum atomic E-state index is 13.0. The molecule has 8 nitrogen and oxygen atoms in total. The Morgan fingerprint density at radius 1 is 1.18 bits per heavy atom. The van der Waals surface area contributed by atoms with E-state index < -0.39 is 11.3 Å². The van der Waals surface area contributed by atoms with Crippen molar-refractivity contribution in [3.63, 3.8) is 0 Å². The number of aryl methyl sites for hydroxylation is 1. The van der Waals surface area contributed by atoms with Gasteiger partial charge in [-0.1, -0.05) is 31.2 Å². The molecule has 1 aromatic heterocycles. The summed E-state index contributed by atoms with van der Waals surface area (Å²) in [5.41, 5.74) is 3.21. The van der Waals surface area contributed by atoms with Crippen LogP contribution in [0.3, 0.4) is 0 Å². The summed E-state index contributed by atoms with van der Waals surface area (Å²) in [6.45, 7) is 2.04. The number of benzene rings is 2. The number of carbonyl (C=O) groups is 1. The molecule has 176 valence electrons. The molecule has 1 amide bonds. The maximum Gasteiger partial charge on any atom is 0.259 e. The van der Waals surface area contributed by atoms with Gasteiger partial charge in [0, 0.05) is 16.6 Å². The number of nitrogens with one attached hydrogen (secondary N) is 2. The Labute approximate surface area is 199 Å². The van der Waals surface area contributed by atoms with Gasteiger partial charge >= 0.3 is 0 Å². The number of aromatic nitrogens is 1. The van der Waals surface area contributed by atoms with E-state index in [4.69, 9.17) is 14.0 Å². The van der Waals surface area contributed by atoms with E-state index in [9.17, 15) is 9.00 Å². The van der Waals surface area contributed by atoms with Crippen LogP contribution >= 0.6 is 11.3 Å². The van der Waals surface area contributed by atoms with Gasteiger partial charge in [0.15, 0.2) is 11.5 Å². The van der Waals surface area contributed by atoms with Crippen LogP contribution in [-0.4, -0.2) is 33.9 Å². The number of para-hydroxylation sites is 1. The molecule has 3 rings (SSSR count). The lowest BCUT2D eigenvalue weighted by Gasteiger charge is -2.18. The summed E-state index contributed by atoms with van der Waals surface area (Å²) in [4.78, 5) is 17.7. The molecule has 3 N–H and O–H groups in total. The standard InChI is InChI=1S/C23H27N3O5S2/c1-4-17-14-32-23(24-17)19(12-15-8-10-18(11-9-15)26-33(28)29)25-21(27)13-16-6-5-7-20(30-2)22(16)31-3/h5-11,14,19,26H,4,12-13H2,1-3H3,(H,25,27)(H,28,29)/t19-/m0/s1. The number of rotatable bonds is 11. The highest BCUT2D eigenvalue weighted by Crippen LogP contribution is 2.31. The lowest BCUT2D eigenvalue weighted by Crippen LogP contribution is -2.31. The Hall–Kier alpha value is -2.95. The summed E-state index contributed by atoms with van der Waals surface area (Å²) in [6.07, 6.45) is 1.48. The topological polar surface area (TPSA) is 110 Å². The molecule has 10 heteroatoms. The third-order valence-electron chi connectivity index (χ3n) is 5.00. The van der Waals surface area contributed by atoms with E-state index in [1.807, 2.05) is 36.6 Å². The van der Waals surface area contributed by atoms with Crippen molar-refractivity contribution in [2.75, 3.05) is 18.9 Å². The number of hydrogen-bond acceptors (Lipinski definition) is 6. The average Bonchev–Trinajstić information content (AvgIpc) is 3.28. The minimum Gasteiger partial charge on any atom is -0.493 e. The van der Waals surface area contributed by atoms with Crippen LogP contribution in [0.1, 0.15) is 34.8 Å². The van der Waals surface area contributed by atoms with Crippen LogP contribution in [0.15, 0.2) is 47.8 Å². The molecule has 0 spiro atoms. The number of carbonyl (C=O) groups excluding carboxylic acids is 1. The molecule has 0 aliphatic rings. The number of anilines is 1. The molecular weight excluding hydrogens is 462 g/mol. The molecule has 2 aromatic carbocycles. The number of nitrogens with zero attached hydrogens (tertiary/aromatic N) is 1. The third-order valence-corrected chi connectivity index (χ3v) is 6.42. The van der Waals surface area contributed by atoms with E-state index in [2.05, 4.69) is 15.0 Å². The predicted molar refractivity (Wildman–Crippen MR) is 130 cm³/mol. The molecule has 0 saturated carbocycles. The van der Waals surface area contributed by atoms with E-state index in [1.165, 1.54) is 11.3 Å². The van der Waals surface area contributed by atoms with Gasteiger partial charge in [-0.15, -0.1) is 11.3 Å². The molecule has 2 atom stereocenters. The van der Waals surface area contributed by atoms with E-state index in [0.717, 1.165) is 28.2 Å². The van der Waals surface area contributed by atoms with Crippen molar-refractivity contribution in [3.05, 3.63) is 69.7 Å². The summed E-state index contributed by atoms with van der Waals surface area (Å²) in [6, 6.07) is 12.3. The minimum atomic E-state index is -2.13. The van der Waals surface area contributed by atoms with Gasteiger partial charge in [-0.25, -0.2) is 9.19 Å². The lowest BCUT2D eigenvalue weighted by molar-refractivity contribution is -0.121. The second-order valence-electron chi connectivity index (χ2n) is 7.23. The first-order valence-electron chi connectivity index (χ1n) is 10.3. The Balaban J connectivity index is 1.79. The second kappa shape index (κ2) is 11.8. The van der Waals surface area contributed by atoms with Crippen molar-refractivity contribution in [3.8, 4) is 11.5 Å². The van der Waals surface area contributed by atoms with Crippen molar-refractivity contribution in [2.45, 2.75) is 32.2 Å². The molecule has 0 aliphatic heterocycles. The highest BCUT2D eigenvalue weighted by molar-refractivity contribution is 7.80. The SMILES string of the molecule is CCc1csc([C@H](Cc2ccc(NS(=O)O)cc2)NC(=O)Cc2cccc(OC)c2OC)n1. The van der Waals surface area contributed by atoms with Crippen LogP contribution in [0.4, 0.5) is 5.69 Å². The number of ether oxygens (including phenoxy) is 2. The van der Waals surface area contributed by atoms with Crippen LogP contribution in [0.2, 0.25) is 0 Å². The summed E-state index contributed by atoms with van der Waals surface area (Å²) < 4.78 is 33.1. The highest BCUT2D eigenvalue weighted by Gasteiger charge is 2.21. The summed E-state index contributed by atoms with van der Waals surface area (Å²) >= 11 is -0.610. The van der Waals surface area contributed by atoms with Crippen molar-refractivity contribution in [1.29, 1.82) is 0 Å². The fourth-order valence-corrected chi connectivity index (χ4v) is 4.69. The first kappa shape index (κ1) is 24.7. The Kier molecular flexibility index (Phi) is 8.81. The molecule has 3 aromatic rings. The van der Waals surface area contributed by atoms with Gasteiger partial charge in [0.1, 0.15) is 5.01 Å². The monoisotopic (exact) mass is 489 g/mol. The maximum absolute atomic E-state index is 13.0. The zero-order chi connectivity index (χ0) is 23.8. The van der Waals surface area contributed by atoms with Crippen LogP contribution < -0.4 is 19.5 Å². The Morgan fingerprint density at radius 2 is 1.94 bits per heavy atom. The number of amides is 1. The number of methoxy groups -OCH3 is 2. The smallest absolute Gasteiger partial charge is 0.259 e. The van der Waals surface area contributed by atoms with E-state index >= 15 is 0 Å². The molecular formula is C23H27N3O5S2. The molecule has 0 saturated heterocycles. The first-order valence-corrected chi connectivity index (χ1v) is 12.3. The number of thiazole rings is 1. The molecule has 0 aliphatic carbocycles. The molecule has 1 heterocycles. The van der Waals surface area contributed by atoms with Crippen LogP contribution in [0.5, 0.6) is 11.5 Å². The van der Waals surface area contributed by atoms with Gasteiger partial charge in [-0.2, -0.15) is 0 Å². The normalized spacial score (nSPS) is 12.6. The largest absolute Gasteiger partial charge is 0.493 e. The fraction of sp³-hybridized carbons (Fsp3) is 0.304. The molecule has 0 fully saturated rings. The average molecular weight is 490 g/mol. The van der Waals surface area contributed by atoms with E-state index in [1.54, 1.807) is 32.4 Å². The van der Waals surface area contributed by atoms with E-state index in [-0.39, 0.29) is 18.4 Å². The zero-order valence-corrected chi connectivity index (χ0v) is 20.3. The predicted octanol–water partition coefficient (Wildman–Crippen LogP) is 3.91. The second-order valence-corrected chi connectivity index (χ2v) is 8.82. The zero-order valence-electron chi connectivity index (χ0n) is 18.7. The van der Waals surface area contributed by atoms with Crippen LogP contribution in [0.25, 0.3) is 0 Å². The van der Waals surface area contributed by atoms with Crippen molar-refractivity contribution in [2.24, 2.45) is 0 Å². The molecule has 0 bridgehead atoms. The van der Waals surface area contributed by atoms with Crippen molar-refractivity contribution < 1.29 is 23.0 Å². The van der Waals surface area contributed by atoms with Gasteiger partial charge in [-0.05, 0) is 36.6 Å². The summed E-state index contributed by atoms with van der Waals surface area (Å²) in [7, 11) is 3.11. The first-order chi connectivity index (χ1) is 15.9. The number of hydrogen-bond donors (Lipinski definition) is 3.